The van der Waals surface area contributed by atoms with E-state index in [2.05, 4.69) is 5.32 Å². The number of carbonyl (C=O) groups is 1. The van der Waals surface area contributed by atoms with Crippen LogP contribution >= 0.6 is 0 Å². The van der Waals surface area contributed by atoms with E-state index in [4.69, 9.17) is 18.9 Å². The van der Waals surface area contributed by atoms with Crippen LogP contribution in [-0.4, -0.2) is 129 Å². The zero-order chi connectivity index (χ0) is 22.6. The zero-order valence-corrected chi connectivity index (χ0v) is 16.6. The van der Waals surface area contributed by atoms with E-state index in [1.807, 2.05) is 0 Å². The van der Waals surface area contributed by atoms with Gasteiger partial charge in [-0.15, -0.1) is 0 Å². The molecule has 2 aliphatic heterocycles. The van der Waals surface area contributed by atoms with Crippen molar-refractivity contribution in [2.75, 3.05) is 19.8 Å². The zero-order valence-electron chi connectivity index (χ0n) is 16.6. The number of aliphatic hydroxyl groups excluding tert-OH is 7. The van der Waals surface area contributed by atoms with Crippen LogP contribution in [0.4, 0.5) is 0 Å². The van der Waals surface area contributed by atoms with E-state index in [-0.39, 0.29) is 0 Å². The Morgan fingerprint density at radius 2 is 1.60 bits per heavy atom. The van der Waals surface area contributed by atoms with Crippen LogP contribution in [-0.2, 0) is 23.7 Å². The summed E-state index contributed by atoms with van der Waals surface area (Å²) in [5.74, 6) is -0.557. The fourth-order valence-corrected chi connectivity index (χ4v) is 3.35. The molecule has 0 bridgehead atoms. The lowest BCUT2D eigenvalue weighted by Gasteiger charge is -2.47. The molecule has 13 heteroatoms. The van der Waals surface area contributed by atoms with Gasteiger partial charge in [0.15, 0.2) is 12.6 Å². The first-order valence-corrected chi connectivity index (χ1v) is 9.58. The lowest BCUT2D eigenvalue weighted by Crippen LogP contribution is -2.68. The second-order valence-corrected chi connectivity index (χ2v) is 7.35. The van der Waals surface area contributed by atoms with Crippen molar-refractivity contribution in [2.45, 2.75) is 81.3 Å². The van der Waals surface area contributed by atoms with Gasteiger partial charge in [0.25, 0.3) is 0 Å². The van der Waals surface area contributed by atoms with E-state index in [9.17, 15) is 40.5 Å². The molecule has 2 saturated heterocycles. The Morgan fingerprint density at radius 3 is 2.13 bits per heavy atom. The number of nitrogens with one attached hydrogen (secondary N) is 1. The molecule has 10 atom stereocenters. The molecule has 13 nitrogen and oxygen atoms in total. The van der Waals surface area contributed by atoms with Crippen LogP contribution < -0.4 is 5.32 Å². The molecule has 2 rings (SSSR count). The largest absolute Gasteiger partial charge is 0.394 e. The lowest BCUT2D eigenvalue weighted by molar-refractivity contribution is -0.345. The van der Waals surface area contributed by atoms with Gasteiger partial charge in [0.05, 0.1) is 25.9 Å². The van der Waals surface area contributed by atoms with Crippen LogP contribution in [0.15, 0.2) is 0 Å². The maximum atomic E-state index is 11.7. The molecule has 0 aliphatic carbocycles. The summed E-state index contributed by atoms with van der Waals surface area (Å²) in [6.45, 7) is 0.808. The van der Waals surface area contributed by atoms with Gasteiger partial charge in [-0.3, -0.25) is 4.79 Å². The first kappa shape index (κ1) is 25.3. The third-order valence-corrected chi connectivity index (χ3v) is 5.06. The molecule has 30 heavy (non-hydrogen) atoms. The van der Waals surface area contributed by atoms with Crippen LogP contribution in [0.3, 0.4) is 0 Å². The highest BCUT2D eigenvalue weighted by molar-refractivity contribution is 5.73. The molecule has 2 fully saturated rings. The predicted octanol–water partition coefficient (Wildman–Crippen LogP) is -4.85. The molecule has 0 aromatic heterocycles. The Kier molecular flexibility index (Phi) is 9.32. The normalized spacial score (nSPS) is 42.3. The van der Waals surface area contributed by atoms with Crippen molar-refractivity contribution in [1.82, 2.24) is 5.32 Å². The Bertz CT molecular complexity index is 547. The van der Waals surface area contributed by atoms with E-state index < -0.39 is 93.2 Å². The maximum absolute atomic E-state index is 11.7. The van der Waals surface area contributed by atoms with Crippen molar-refractivity contribution in [3.05, 3.63) is 0 Å². The van der Waals surface area contributed by atoms with Crippen molar-refractivity contribution in [3.63, 3.8) is 0 Å². The van der Waals surface area contributed by atoms with E-state index >= 15 is 0 Å². The second-order valence-electron chi connectivity index (χ2n) is 7.35. The third-order valence-electron chi connectivity index (χ3n) is 5.06. The average Bonchev–Trinajstić information content (AvgIpc) is 2.71. The molecule has 8 N–H and O–H groups in total. The van der Waals surface area contributed by atoms with E-state index in [0.29, 0.717) is 0 Å². The molecule has 0 radical (unpaired) electrons. The van der Waals surface area contributed by atoms with Crippen LogP contribution in [0.5, 0.6) is 0 Å². The van der Waals surface area contributed by atoms with Crippen LogP contribution in [0.25, 0.3) is 0 Å². The van der Waals surface area contributed by atoms with Gasteiger partial charge >= 0.3 is 0 Å². The molecular formula is C17H31NO12. The number of ether oxygens (including phenoxy) is 4. The van der Waals surface area contributed by atoms with Gasteiger partial charge in [-0.1, -0.05) is 0 Å². The van der Waals surface area contributed by atoms with Crippen molar-refractivity contribution >= 4 is 5.91 Å². The number of hydrogen-bond acceptors (Lipinski definition) is 12. The third kappa shape index (κ3) is 5.63. The summed E-state index contributed by atoms with van der Waals surface area (Å²) in [4.78, 5) is 11.7. The molecule has 0 aromatic rings. The number of carbonyl (C=O) groups excluding carboxylic acids is 1. The lowest BCUT2D eigenvalue weighted by atomic mass is 9.95. The molecule has 2 heterocycles. The van der Waals surface area contributed by atoms with E-state index in [1.165, 1.54) is 13.8 Å². The van der Waals surface area contributed by atoms with Crippen molar-refractivity contribution in [1.29, 1.82) is 0 Å². The number of hydrogen-bond donors (Lipinski definition) is 8. The quantitative estimate of drug-likeness (QED) is 0.178. The fraction of sp³-hybridized carbons (Fsp3) is 0.941. The highest BCUT2D eigenvalue weighted by Gasteiger charge is 2.51. The SMILES string of the molecule is CC(=O)N[C@H]1[C@@H](OC(CO)CO)O[C@H](CO)[C@@H](O)[C@@H]1O[C@@H]1O[C@@H](C)[C@H](O)[C@@H](O)[C@H]1O. The van der Waals surface area contributed by atoms with Crippen molar-refractivity contribution in [2.24, 2.45) is 0 Å². The summed E-state index contributed by atoms with van der Waals surface area (Å²) in [6, 6.07) is -1.21. The molecule has 1 amide bonds. The molecule has 0 aromatic carbocycles. The number of aliphatic hydroxyl groups is 7. The Hall–Kier alpha value is -0.970. The Balaban J connectivity index is 2.29. The summed E-state index contributed by atoms with van der Waals surface area (Å²) >= 11 is 0. The molecule has 0 spiro atoms. The molecular weight excluding hydrogens is 410 g/mol. The molecule has 0 saturated carbocycles. The maximum Gasteiger partial charge on any atom is 0.217 e. The fourth-order valence-electron chi connectivity index (χ4n) is 3.35. The minimum atomic E-state index is -1.68. The van der Waals surface area contributed by atoms with E-state index in [1.54, 1.807) is 0 Å². The summed E-state index contributed by atoms with van der Waals surface area (Å²) in [5.41, 5.74) is 0. The summed E-state index contributed by atoms with van der Waals surface area (Å²) < 4.78 is 22.0. The summed E-state index contributed by atoms with van der Waals surface area (Å²) in [5, 5.41) is 71.2. The van der Waals surface area contributed by atoms with Crippen LogP contribution in [0.1, 0.15) is 13.8 Å². The monoisotopic (exact) mass is 441 g/mol. The topological polar surface area (TPSA) is 208 Å². The number of amides is 1. The first-order chi connectivity index (χ1) is 14.1. The van der Waals surface area contributed by atoms with Gasteiger partial charge < -0.3 is 60.0 Å². The first-order valence-electron chi connectivity index (χ1n) is 9.58. The van der Waals surface area contributed by atoms with Crippen LogP contribution in [0, 0.1) is 0 Å². The standard InChI is InChI=1S/C17H31NO12/c1-6-11(23)13(25)14(26)17(27-6)30-15-10(18-7(2)22)16(28-8(3-19)4-20)29-9(5-21)12(15)24/h6,8-17,19-21,23-26H,3-5H2,1-2H3,(H,18,22)/t6-,9+,10+,11-,12+,13+,14+,15+,16-,17-/m0/s1. The smallest absolute Gasteiger partial charge is 0.217 e. The number of rotatable bonds is 8. The van der Waals surface area contributed by atoms with Crippen molar-refractivity contribution in [3.8, 4) is 0 Å². The van der Waals surface area contributed by atoms with Gasteiger partial charge in [0, 0.05) is 6.92 Å². The van der Waals surface area contributed by atoms with Gasteiger partial charge in [-0.05, 0) is 6.92 Å². The van der Waals surface area contributed by atoms with Gasteiger partial charge in [0.1, 0.15) is 48.8 Å². The Morgan fingerprint density at radius 1 is 0.967 bits per heavy atom. The second kappa shape index (κ2) is 11.1. The predicted molar refractivity (Wildman–Crippen MR) is 95.6 cm³/mol. The van der Waals surface area contributed by atoms with Crippen molar-refractivity contribution < 1.29 is 59.5 Å². The molecule has 2 aliphatic rings. The minimum absolute atomic E-state index is 0.557. The molecule has 176 valence electrons. The minimum Gasteiger partial charge on any atom is -0.394 e. The molecule has 0 unspecified atom stereocenters. The summed E-state index contributed by atoms with van der Waals surface area (Å²) in [6.07, 6.45) is -13.6. The van der Waals surface area contributed by atoms with Gasteiger partial charge in [-0.25, -0.2) is 0 Å². The average molecular weight is 441 g/mol. The van der Waals surface area contributed by atoms with Gasteiger partial charge in [-0.2, -0.15) is 0 Å². The van der Waals surface area contributed by atoms with Gasteiger partial charge in [0.2, 0.25) is 5.91 Å². The van der Waals surface area contributed by atoms with Crippen LogP contribution in [0.2, 0.25) is 0 Å². The summed E-state index contributed by atoms with van der Waals surface area (Å²) in [7, 11) is 0. The highest BCUT2D eigenvalue weighted by atomic mass is 16.7. The highest BCUT2D eigenvalue weighted by Crippen LogP contribution is 2.30. The van der Waals surface area contributed by atoms with E-state index in [0.717, 1.165) is 0 Å². The Labute approximate surface area is 172 Å².